The molecule has 194 valence electrons. The van der Waals surface area contributed by atoms with Gasteiger partial charge in [0.2, 0.25) is 0 Å². The Morgan fingerprint density at radius 2 is 0.718 bits per heavy atom. The van der Waals surface area contributed by atoms with Gasteiger partial charge in [-0.25, -0.2) is 0 Å². The van der Waals surface area contributed by atoms with Crippen molar-refractivity contribution >= 4 is 34.1 Å². The number of rotatable bonds is 10. The molecule has 0 heterocycles. The molecule has 0 saturated heterocycles. The molecule has 0 aliphatic rings. The average Bonchev–Trinajstić information content (AvgIpc) is 2.98. The molecule has 0 spiro atoms. The number of nitrogens with one attached hydrogen (secondary N) is 3. The van der Waals surface area contributed by atoms with Crippen LogP contribution in [0.5, 0.6) is 0 Å². The van der Waals surface area contributed by atoms with Crippen molar-refractivity contribution in [1.82, 2.24) is 0 Å². The number of anilines is 6. The normalized spacial score (nSPS) is 9.95. The molecule has 0 amide bonds. The van der Waals surface area contributed by atoms with E-state index in [2.05, 4.69) is 114 Å². The van der Waals surface area contributed by atoms with Gasteiger partial charge in [-0.3, -0.25) is 0 Å². The lowest BCUT2D eigenvalue weighted by atomic mass is 10.1. The summed E-state index contributed by atoms with van der Waals surface area (Å²) < 4.78 is 0. The Morgan fingerprint density at radius 1 is 0.385 bits per heavy atom. The molecule has 5 aromatic carbocycles. The molecule has 39 heavy (non-hydrogen) atoms. The molecule has 3 nitrogen and oxygen atoms in total. The summed E-state index contributed by atoms with van der Waals surface area (Å²) >= 11 is 0. The Hall–Kier alpha value is -5.02. The smallest absolute Gasteiger partial charge is 0.0420 e. The van der Waals surface area contributed by atoms with Gasteiger partial charge in [-0.1, -0.05) is 84.9 Å². The summed E-state index contributed by atoms with van der Waals surface area (Å²) in [6, 6.07) is 45.2. The fourth-order valence-corrected chi connectivity index (χ4v) is 4.11. The minimum atomic E-state index is 0.868. The van der Waals surface area contributed by atoms with Crippen molar-refractivity contribution in [3.05, 3.63) is 170 Å². The number of hydrogen-bond donors (Lipinski definition) is 3. The summed E-state index contributed by atoms with van der Waals surface area (Å²) in [5.74, 6) is 0. The van der Waals surface area contributed by atoms with Gasteiger partial charge < -0.3 is 16.0 Å². The van der Waals surface area contributed by atoms with Crippen LogP contribution >= 0.6 is 0 Å². The lowest BCUT2D eigenvalue weighted by Gasteiger charge is -2.14. The van der Waals surface area contributed by atoms with Gasteiger partial charge >= 0.3 is 0 Å². The standard InChI is InChI=1S/C18H16N2.C18H19N/c1-3-7-15(8-4-1)19-17-11-13-18(14-12-17)20-16-9-5-2-6-10-16;1-3-9-15-11-5-7-13-17(15)19-18-14-8-6-12-16(18)10-4-2/h1-14,19-20H;3-8,11-14,19H,1-2,9-10H2. The van der Waals surface area contributed by atoms with Crippen LogP contribution in [0.1, 0.15) is 11.1 Å². The molecule has 3 heteroatoms. The van der Waals surface area contributed by atoms with E-state index in [1.807, 2.05) is 60.7 Å². The summed E-state index contributed by atoms with van der Waals surface area (Å²) in [4.78, 5) is 0. The second kappa shape index (κ2) is 14.7. The van der Waals surface area contributed by atoms with Crippen molar-refractivity contribution in [2.45, 2.75) is 12.8 Å². The third-order valence-electron chi connectivity index (χ3n) is 6.04. The Kier molecular flexibility index (Phi) is 10.2. The highest BCUT2D eigenvalue weighted by molar-refractivity contribution is 5.67. The van der Waals surface area contributed by atoms with E-state index in [4.69, 9.17) is 0 Å². The van der Waals surface area contributed by atoms with Gasteiger partial charge in [0.05, 0.1) is 0 Å². The fraction of sp³-hybridized carbons (Fsp3) is 0.0556. The van der Waals surface area contributed by atoms with Crippen molar-refractivity contribution in [2.75, 3.05) is 16.0 Å². The summed E-state index contributed by atoms with van der Waals surface area (Å²) in [5.41, 5.74) is 9.13. The fourth-order valence-electron chi connectivity index (χ4n) is 4.11. The zero-order valence-electron chi connectivity index (χ0n) is 22.2. The van der Waals surface area contributed by atoms with Gasteiger partial charge in [0.15, 0.2) is 0 Å². The van der Waals surface area contributed by atoms with Crippen molar-refractivity contribution in [3.63, 3.8) is 0 Å². The van der Waals surface area contributed by atoms with Crippen molar-refractivity contribution in [3.8, 4) is 0 Å². The van der Waals surface area contributed by atoms with Crippen LogP contribution in [0.3, 0.4) is 0 Å². The molecule has 0 aliphatic heterocycles. The molecule has 0 aliphatic carbocycles. The molecule has 0 bridgehead atoms. The minimum Gasteiger partial charge on any atom is -0.356 e. The highest BCUT2D eigenvalue weighted by Gasteiger charge is 2.04. The topological polar surface area (TPSA) is 36.1 Å². The van der Waals surface area contributed by atoms with Crippen LogP contribution in [0, 0.1) is 0 Å². The van der Waals surface area contributed by atoms with Gasteiger partial charge in [0.1, 0.15) is 0 Å². The molecule has 0 unspecified atom stereocenters. The Balaban J connectivity index is 0.000000181. The molecule has 0 radical (unpaired) electrons. The summed E-state index contributed by atoms with van der Waals surface area (Å²) in [6.45, 7) is 7.62. The van der Waals surface area contributed by atoms with Crippen molar-refractivity contribution < 1.29 is 0 Å². The van der Waals surface area contributed by atoms with Gasteiger partial charge in [0, 0.05) is 34.1 Å². The maximum absolute atomic E-state index is 3.81. The first-order valence-corrected chi connectivity index (χ1v) is 13.1. The average molecular weight is 510 g/mol. The number of para-hydroxylation sites is 4. The van der Waals surface area contributed by atoms with E-state index in [0.717, 1.165) is 47.0 Å². The van der Waals surface area contributed by atoms with Crippen LogP contribution in [-0.2, 0) is 12.8 Å². The first-order valence-electron chi connectivity index (χ1n) is 13.1. The SMILES string of the molecule is C=CCc1ccccc1Nc1ccccc1CC=C.c1ccc(Nc2ccc(Nc3ccccc3)cc2)cc1. The molecule has 0 saturated carbocycles. The first kappa shape index (κ1) is 27.0. The molecular weight excluding hydrogens is 474 g/mol. The summed E-state index contributed by atoms with van der Waals surface area (Å²) in [7, 11) is 0. The summed E-state index contributed by atoms with van der Waals surface area (Å²) in [6.07, 6.45) is 5.59. The maximum atomic E-state index is 3.81. The van der Waals surface area contributed by atoms with Crippen LogP contribution < -0.4 is 16.0 Å². The third kappa shape index (κ3) is 8.51. The van der Waals surface area contributed by atoms with E-state index < -0.39 is 0 Å². The van der Waals surface area contributed by atoms with Gasteiger partial charge in [-0.15, -0.1) is 13.2 Å². The van der Waals surface area contributed by atoms with Crippen LogP contribution in [-0.4, -0.2) is 0 Å². The third-order valence-corrected chi connectivity index (χ3v) is 6.04. The van der Waals surface area contributed by atoms with E-state index in [0.29, 0.717) is 0 Å². The van der Waals surface area contributed by atoms with Gasteiger partial charge in [-0.2, -0.15) is 0 Å². The number of allylic oxidation sites excluding steroid dienone is 2. The zero-order chi connectivity index (χ0) is 27.1. The van der Waals surface area contributed by atoms with Crippen LogP contribution in [0.25, 0.3) is 0 Å². The Morgan fingerprint density at radius 3 is 1.10 bits per heavy atom. The Labute approximate surface area is 232 Å². The lowest BCUT2D eigenvalue weighted by Crippen LogP contribution is -1.98. The van der Waals surface area contributed by atoms with Crippen molar-refractivity contribution in [2.24, 2.45) is 0 Å². The maximum Gasteiger partial charge on any atom is 0.0420 e. The molecular formula is C36H35N3. The number of benzene rings is 5. The second-order valence-corrected chi connectivity index (χ2v) is 8.98. The van der Waals surface area contributed by atoms with E-state index in [9.17, 15) is 0 Å². The molecule has 3 N–H and O–H groups in total. The minimum absolute atomic E-state index is 0.868. The lowest BCUT2D eigenvalue weighted by molar-refractivity contribution is 1.24. The van der Waals surface area contributed by atoms with Crippen LogP contribution in [0.2, 0.25) is 0 Å². The molecule has 0 fully saturated rings. The number of hydrogen-bond acceptors (Lipinski definition) is 3. The molecule has 0 aromatic heterocycles. The molecule has 5 rings (SSSR count). The van der Waals surface area contributed by atoms with Crippen LogP contribution in [0.15, 0.2) is 159 Å². The summed E-state index contributed by atoms with van der Waals surface area (Å²) in [5, 5.41) is 10.2. The largest absolute Gasteiger partial charge is 0.356 e. The quantitative estimate of drug-likeness (QED) is 0.164. The molecule has 5 aromatic rings. The van der Waals surface area contributed by atoms with Crippen LogP contribution in [0.4, 0.5) is 34.1 Å². The van der Waals surface area contributed by atoms with E-state index in [1.165, 1.54) is 11.1 Å². The predicted molar refractivity (Wildman–Crippen MR) is 170 cm³/mol. The van der Waals surface area contributed by atoms with E-state index in [-0.39, 0.29) is 0 Å². The van der Waals surface area contributed by atoms with Gasteiger partial charge in [-0.05, 0) is 84.6 Å². The van der Waals surface area contributed by atoms with Crippen molar-refractivity contribution in [1.29, 1.82) is 0 Å². The first-order chi connectivity index (χ1) is 19.2. The van der Waals surface area contributed by atoms with Gasteiger partial charge in [0.25, 0.3) is 0 Å². The second-order valence-electron chi connectivity index (χ2n) is 8.98. The predicted octanol–water partition coefficient (Wildman–Crippen LogP) is 10.1. The highest BCUT2D eigenvalue weighted by Crippen LogP contribution is 2.25. The molecule has 0 atom stereocenters. The van der Waals surface area contributed by atoms with E-state index in [1.54, 1.807) is 0 Å². The Bertz CT molecular complexity index is 1330. The van der Waals surface area contributed by atoms with E-state index >= 15 is 0 Å². The highest BCUT2D eigenvalue weighted by atomic mass is 14.9. The zero-order valence-corrected chi connectivity index (χ0v) is 22.2. The monoisotopic (exact) mass is 509 g/mol.